The molecule has 1 aromatic carbocycles. The van der Waals surface area contributed by atoms with E-state index in [-0.39, 0.29) is 18.8 Å². The third kappa shape index (κ3) is 5.01. The van der Waals surface area contributed by atoms with Crippen molar-refractivity contribution in [3.8, 4) is 17.4 Å². The van der Waals surface area contributed by atoms with Gasteiger partial charge in [-0.2, -0.15) is 5.26 Å². The zero-order chi connectivity index (χ0) is 19.3. The number of benzene rings is 1. The molecule has 0 radical (unpaired) electrons. The molecular formula is C20H21FN2O2S. The van der Waals surface area contributed by atoms with Crippen molar-refractivity contribution in [2.24, 2.45) is 0 Å². The molecule has 2 rings (SSSR count). The first-order valence-corrected chi connectivity index (χ1v) is 8.47. The van der Waals surface area contributed by atoms with Gasteiger partial charge in [0.25, 0.3) is 0 Å². The van der Waals surface area contributed by atoms with E-state index in [0.717, 1.165) is 16.8 Å². The molecule has 6 heteroatoms. The lowest BCUT2D eigenvalue weighted by molar-refractivity contribution is 0.163. The van der Waals surface area contributed by atoms with Crippen molar-refractivity contribution in [2.75, 3.05) is 6.54 Å². The minimum absolute atomic E-state index is 0.0309. The summed E-state index contributed by atoms with van der Waals surface area (Å²) in [5.41, 5.74) is 3.01. The van der Waals surface area contributed by atoms with Gasteiger partial charge in [0, 0.05) is 22.6 Å². The van der Waals surface area contributed by atoms with E-state index >= 15 is 0 Å². The normalized spacial score (nSPS) is 12.5. The van der Waals surface area contributed by atoms with E-state index in [0.29, 0.717) is 16.4 Å². The van der Waals surface area contributed by atoms with Crippen LogP contribution in [0.5, 0.6) is 0 Å². The van der Waals surface area contributed by atoms with E-state index in [1.807, 2.05) is 19.9 Å². The van der Waals surface area contributed by atoms with Gasteiger partial charge in [-0.15, -0.1) is 0 Å². The van der Waals surface area contributed by atoms with Crippen LogP contribution in [0.4, 0.5) is 4.39 Å². The molecule has 4 nitrogen and oxygen atoms in total. The molecule has 0 aliphatic rings. The maximum absolute atomic E-state index is 13.1. The Labute approximate surface area is 157 Å². The molecule has 0 aliphatic carbocycles. The molecule has 0 fully saturated rings. The van der Waals surface area contributed by atoms with Gasteiger partial charge in [-0.25, -0.2) is 4.39 Å². The van der Waals surface area contributed by atoms with E-state index in [1.54, 1.807) is 28.6 Å². The molecular weight excluding hydrogens is 351 g/mol. The minimum Gasteiger partial charge on any atom is -0.456 e. The highest BCUT2D eigenvalue weighted by molar-refractivity contribution is 7.77. The largest absolute Gasteiger partial charge is 0.456 e. The summed E-state index contributed by atoms with van der Waals surface area (Å²) >= 11 is 4.42. The smallest absolute Gasteiger partial charge is 0.136 e. The summed E-state index contributed by atoms with van der Waals surface area (Å²) in [4.78, 5) is 0. The third-order valence-corrected chi connectivity index (χ3v) is 4.12. The molecule has 1 heterocycles. The van der Waals surface area contributed by atoms with E-state index < -0.39 is 6.10 Å². The van der Waals surface area contributed by atoms with Crippen molar-refractivity contribution in [3.63, 3.8) is 0 Å². The van der Waals surface area contributed by atoms with Crippen LogP contribution >= 0.6 is 12.8 Å². The van der Waals surface area contributed by atoms with Gasteiger partial charge in [0.1, 0.15) is 17.0 Å². The van der Waals surface area contributed by atoms with Crippen LogP contribution in [0.3, 0.4) is 0 Å². The van der Waals surface area contributed by atoms with Crippen LogP contribution in [0, 0.1) is 17.1 Å². The molecule has 1 unspecified atom stereocenters. The monoisotopic (exact) mass is 372 g/mol. The van der Waals surface area contributed by atoms with E-state index in [1.165, 1.54) is 12.1 Å². The van der Waals surface area contributed by atoms with Gasteiger partial charge in [0.05, 0.1) is 25.1 Å². The summed E-state index contributed by atoms with van der Waals surface area (Å²) in [5.74, 6) is 0.278. The number of nitriles is 1. The summed E-state index contributed by atoms with van der Waals surface area (Å²) in [5, 5.41) is 19.2. The second-order valence-corrected chi connectivity index (χ2v) is 6.62. The molecule has 136 valence electrons. The Bertz CT molecular complexity index is 938. The van der Waals surface area contributed by atoms with Gasteiger partial charge in [-0.3, -0.25) is 0 Å². The molecule has 26 heavy (non-hydrogen) atoms. The maximum atomic E-state index is 13.1. The highest BCUT2D eigenvalue weighted by Crippen LogP contribution is 2.18. The summed E-state index contributed by atoms with van der Waals surface area (Å²) in [7, 11) is 0. The van der Waals surface area contributed by atoms with Crippen LogP contribution in [0.15, 0.2) is 46.0 Å². The third-order valence-electron chi connectivity index (χ3n) is 3.74. The molecule has 0 saturated carbocycles. The average molecular weight is 372 g/mol. The van der Waals surface area contributed by atoms with Crippen LogP contribution in [-0.2, 0) is 0 Å². The number of furan rings is 1. The first-order chi connectivity index (χ1) is 12.3. The lowest BCUT2D eigenvalue weighted by Crippen LogP contribution is -2.26. The van der Waals surface area contributed by atoms with Gasteiger partial charge >= 0.3 is 0 Å². The van der Waals surface area contributed by atoms with Crippen molar-refractivity contribution in [1.82, 2.24) is 4.31 Å². The standard InChI is InChI=1S/C20H21FN2O2S/c1-13(2)18(23(26)12-17(24)8-9-22)11-19-14(3)10-20(25-19)15-4-6-16(21)7-5-15/h4-7,10-11,17,24,26H,3,8,12H2,1-2H3/b19-11+. The van der Waals surface area contributed by atoms with Crippen molar-refractivity contribution in [3.05, 3.63) is 58.1 Å². The fourth-order valence-electron chi connectivity index (χ4n) is 2.39. The van der Waals surface area contributed by atoms with Crippen LogP contribution in [0.2, 0.25) is 0 Å². The molecule has 1 atom stereocenters. The van der Waals surface area contributed by atoms with E-state index in [4.69, 9.17) is 9.68 Å². The summed E-state index contributed by atoms with van der Waals surface area (Å²) in [6.07, 6.45) is 1.02. The van der Waals surface area contributed by atoms with E-state index in [2.05, 4.69) is 19.4 Å². The number of allylic oxidation sites excluding steroid dienone is 2. The first-order valence-electron chi connectivity index (χ1n) is 8.07. The number of nitrogens with zero attached hydrogens (tertiary/aromatic N) is 2. The van der Waals surface area contributed by atoms with Gasteiger partial charge in [0.2, 0.25) is 0 Å². The fraction of sp³-hybridized carbons (Fsp3) is 0.250. The fourth-order valence-corrected chi connectivity index (χ4v) is 2.84. The van der Waals surface area contributed by atoms with Gasteiger partial charge in [-0.05, 0) is 44.2 Å². The Morgan fingerprint density at radius 3 is 2.65 bits per heavy atom. The van der Waals surface area contributed by atoms with Gasteiger partial charge < -0.3 is 13.8 Å². The zero-order valence-electron chi connectivity index (χ0n) is 14.7. The lowest BCUT2D eigenvalue weighted by Gasteiger charge is -2.22. The first kappa shape index (κ1) is 19.8. The van der Waals surface area contributed by atoms with Crippen molar-refractivity contribution in [2.45, 2.75) is 26.4 Å². The number of halogens is 1. The number of aliphatic hydroxyl groups excluding tert-OH is 1. The zero-order valence-corrected chi connectivity index (χ0v) is 15.6. The topological polar surface area (TPSA) is 60.4 Å². The van der Waals surface area contributed by atoms with Crippen molar-refractivity contribution in [1.29, 1.82) is 5.26 Å². The molecule has 0 saturated heterocycles. The summed E-state index contributed by atoms with van der Waals surface area (Å²) in [6.45, 7) is 8.02. The molecule has 1 N–H and O–H groups in total. The molecule has 0 amide bonds. The molecule has 1 aromatic heterocycles. The quantitative estimate of drug-likeness (QED) is 0.766. The average Bonchev–Trinajstić information content (AvgIpc) is 2.93. The Morgan fingerprint density at radius 1 is 1.42 bits per heavy atom. The number of hydrogen-bond donors (Lipinski definition) is 2. The SMILES string of the molecule is C=c1cc(-c2ccc(F)cc2)o/c1=C/C(=C(C)C)N(S)CC(O)CC#N. The highest BCUT2D eigenvalue weighted by Gasteiger charge is 2.12. The number of aliphatic hydroxyl groups is 1. The summed E-state index contributed by atoms with van der Waals surface area (Å²) < 4.78 is 20.5. The Morgan fingerprint density at radius 2 is 2.08 bits per heavy atom. The molecule has 2 aromatic rings. The Hall–Kier alpha value is -2.49. The van der Waals surface area contributed by atoms with Crippen LogP contribution in [0.25, 0.3) is 24.0 Å². The van der Waals surface area contributed by atoms with Crippen LogP contribution in [-0.4, -0.2) is 22.1 Å². The number of hydrogen-bond acceptors (Lipinski definition) is 5. The predicted octanol–water partition coefficient (Wildman–Crippen LogP) is 2.99. The highest BCUT2D eigenvalue weighted by atomic mass is 32.1. The maximum Gasteiger partial charge on any atom is 0.136 e. The van der Waals surface area contributed by atoms with Gasteiger partial charge in [-0.1, -0.05) is 25.0 Å². The van der Waals surface area contributed by atoms with Gasteiger partial charge in [0.15, 0.2) is 0 Å². The molecule has 0 aliphatic heterocycles. The molecule has 0 bridgehead atoms. The second-order valence-electron chi connectivity index (χ2n) is 6.13. The lowest BCUT2D eigenvalue weighted by atomic mass is 10.2. The van der Waals surface area contributed by atoms with Crippen LogP contribution in [0.1, 0.15) is 20.3 Å². The predicted molar refractivity (Wildman–Crippen MR) is 104 cm³/mol. The van der Waals surface area contributed by atoms with E-state index in [9.17, 15) is 9.50 Å². The number of thiol groups is 1. The van der Waals surface area contributed by atoms with Crippen molar-refractivity contribution < 1.29 is 13.9 Å². The number of rotatable bonds is 6. The molecule has 0 spiro atoms. The van der Waals surface area contributed by atoms with Crippen molar-refractivity contribution >= 4 is 25.5 Å². The van der Waals surface area contributed by atoms with Crippen LogP contribution < -0.4 is 10.6 Å². The summed E-state index contributed by atoms with van der Waals surface area (Å²) in [6, 6.07) is 9.75. The minimum atomic E-state index is -0.800. The second kappa shape index (κ2) is 8.75. The Kier molecular flexibility index (Phi) is 6.67. The Balaban J connectivity index is 2.37.